The van der Waals surface area contributed by atoms with Gasteiger partial charge in [0.15, 0.2) is 5.96 Å². The highest BCUT2D eigenvalue weighted by Gasteiger charge is 2.01. The minimum atomic E-state index is 0. The van der Waals surface area contributed by atoms with Gasteiger partial charge < -0.3 is 16.0 Å². The molecule has 1 aromatic rings. The number of hydrogen-bond acceptors (Lipinski definition) is 6. The Kier molecular flexibility index (Phi) is 6.60. The van der Waals surface area contributed by atoms with E-state index in [1.54, 1.807) is 18.6 Å². The van der Waals surface area contributed by atoms with Crippen molar-refractivity contribution in [3.8, 4) is 0 Å². The Labute approximate surface area is 118 Å². The van der Waals surface area contributed by atoms with E-state index in [1.165, 1.54) is 0 Å². The molecule has 0 saturated carbocycles. The summed E-state index contributed by atoms with van der Waals surface area (Å²) < 4.78 is 0. The first-order valence-corrected chi connectivity index (χ1v) is 5.47. The van der Waals surface area contributed by atoms with E-state index in [4.69, 9.17) is 0 Å². The summed E-state index contributed by atoms with van der Waals surface area (Å²) in [7, 11) is 0. The van der Waals surface area contributed by atoms with Crippen LogP contribution in [0, 0.1) is 0 Å². The number of aliphatic imine (C=N–C) groups is 1. The Bertz CT molecular complexity index is 342. The van der Waals surface area contributed by atoms with Gasteiger partial charge in [-0.25, -0.2) is 4.98 Å². The quantitative estimate of drug-likeness (QED) is 0.544. The van der Waals surface area contributed by atoms with E-state index >= 15 is 0 Å². The average molecular weight is 348 g/mol. The van der Waals surface area contributed by atoms with Crippen molar-refractivity contribution in [2.45, 2.75) is 6.42 Å². The summed E-state index contributed by atoms with van der Waals surface area (Å²) in [5, 5.41) is 9.59. The van der Waals surface area contributed by atoms with Gasteiger partial charge in [-0.3, -0.25) is 9.98 Å². The largest absolute Gasteiger partial charge is 0.367 e. The normalized spacial score (nSPS) is 14.0. The molecular weight excluding hydrogens is 331 g/mol. The van der Waals surface area contributed by atoms with Gasteiger partial charge in [-0.05, 0) is 6.42 Å². The summed E-state index contributed by atoms with van der Waals surface area (Å²) in [4.78, 5) is 12.4. The number of halogens is 1. The number of aromatic nitrogens is 2. The van der Waals surface area contributed by atoms with Gasteiger partial charge in [-0.15, -0.1) is 24.0 Å². The van der Waals surface area contributed by atoms with Crippen LogP contribution in [0.3, 0.4) is 0 Å². The Morgan fingerprint density at radius 1 is 1.24 bits per heavy atom. The number of nitrogens with zero attached hydrogens (tertiary/aromatic N) is 3. The first kappa shape index (κ1) is 13.9. The van der Waals surface area contributed by atoms with Crippen molar-refractivity contribution in [1.29, 1.82) is 0 Å². The molecule has 0 fully saturated rings. The average Bonchev–Trinajstić information content (AvgIpc) is 2.37. The summed E-state index contributed by atoms with van der Waals surface area (Å²) >= 11 is 0. The van der Waals surface area contributed by atoms with Gasteiger partial charge in [-0.1, -0.05) is 0 Å². The molecule has 0 amide bonds. The Hall–Kier alpha value is -1.12. The number of hydrogen-bond donors (Lipinski definition) is 3. The summed E-state index contributed by atoms with van der Waals surface area (Å²) in [5.74, 6) is 1.69. The fraction of sp³-hybridized carbons (Fsp3) is 0.500. The Balaban J connectivity index is 0.00000144. The molecule has 0 aliphatic carbocycles. The highest BCUT2D eigenvalue weighted by atomic mass is 127. The summed E-state index contributed by atoms with van der Waals surface area (Å²) in [5.41, 5.74) is 0. The fourth-order valence-corrected chi connectivity index (χ4v) is 1.41. The highest BCUT2D eigenvalue weighted by molar-refractivity contribution is 14.0. The molecule has 0 aromatic carbocycles. The maximum Gasteiger partial charge on any atom is 0.191 e. The third-order valence-electron chi connectivity index (χ3n) is 2.18. The molecule has 0 atom stereocenters. The van der Waals surface area contributed by atoms with Crippen LogP contribution in [0.5, 0.6) is 0 Å². The second-order valence-electron chi connectivity index (χ2n) is 3.45. The highest BCUT2D eigenvalue weighted by Crippen LogP contribution is 1.94. The van der Waals surface area contributed by atoms with Crippen LogP contribution in [0.1, 0.15) is 6.42 Å². The van der Waals surface area contributed by atoms with Crippen molar-refractivity contribution in [3.63, 3.8) is 0 Å². The van der Waals surface area contributed by atoms with Crippen LogP contribution in [-0.4, -0.2) is 42.1 Å². The predicted molar refractivity (Wildman–Crippen MR) is 78.9 cm³/mol. The maximum atomic E-state index is 4.31. The lowest BCUT2D eigenvalue weighted by Crippen LogP contribution is -2.42. The topological polar surface area (TPSA) is 74.2 Å². The fourth-order valence-electron chi connectivity index (χ4n) is 1.41. The molecule has 1 aliphatic rings. The van der Waals surface area contributed by atoms with Crippen molar-refractivity contribution in [3.05, 3.63) is 18.6 Å². The third kappa shape index (κ3) is 5.16. The number of guanidine groups is 1. The standard InChI is InChI=1S/C10H16N6.HI/c1-2-14-10(15-3-1)16-7-6-13-9-8-11-4-5-12-9;/h4-5,8H,1-3,6-7H2,(H,12,13)(H2,14,15,16);1H. The van der Waals surface area contributed by atoms with Crippen molar-refractivity contribution in [2.75, 3.05) is 31.5 Å². The lowest BCUT2D eigenvalue weighted by molar-refractivity contribution is 0.705. The van der Waals surface area contributed by atoms with Gasteiger partial charge in [0.05, 0.1) is 6.20 Å². The molecule has 7 heteroatoms. The predicted octanol–water partition coefficient (Wildman–Crippen LogP) is 0.445. The summed E-state index contributed by atoms with van der Waals surface area (Å²) in [6.07, 6.45) is 6.14. The molecule has 17 heavy (non-hydrogen) atoms. The minimum absolute atomic E-state index is 0. The molecular formula is C10H17IN6. The van der Waals surface area contributed by atoms with Gasteiger partial charge in [0.2, 0.25) is 0 Å². The molecule has 1 aromatic heterocycles. The zero-order valence-corrected chi connectivity index (χ0v) is 11.8. The van der Waals surface area contributed by atoms with Crippen LogP contribution in [-0.2, 0) is 0 Å². The second-order valence-corrected chi connectivity index (χ2v) is 3.45. The third-order valence-corrected chi connectivity index (χ3v) is 2.18. The van der Waals surface area contributed by atoms with Crippen LogP contribution in [0.25, 0.3) is 0 Å². The lowest BCUT2D eigenvalue weighted by Gasteiger charge is -2.16. The first-order valence-electron chi connectivity index (χ1n) is 5.47. The van der Waals surface area contributed by atoms with Crippen LogP contribution in [0.2, 0.25) is 0 Å². The van der Waals surface area contributed by atoms with Gasteiger partial charge in [-0.2, -0.15) is 0 Å². The van der Waals surface area contributed by atoms with E-state index in [1.807, 2.05) is 0 Å². The molecule has 2 heterocycles. The zero-order chi connectivity index (χ0) is 11.1. The van der Waals surface area contributed by atoms with Crippen LogP contribution >= 0.6 is 24.0 Å². The monoisotopic (exact) mass is 348 g/mol. The van der Waals surface area contributed by atoms with E-state index in [9.17, 15) is 0 Å². The second kappa shape index (κ2) is 8.04. The van der Waals surface area contributed by atoms with Crippen LogP contribution in [0.15, 0.2) is 23.6 Å². The van der Waals surface area contributed by atoms with Gasteiger partial charge >= 0.3 is 0 Å². The zero-order valence-electron chi connectivity index (χ0n) is 9.52. The SMILES string of the molecule is I.c1cnc(NCCNC2=NCCCN2)cn1. The molecule has 94 valence electrons. The van der Waals surface area contributed by atoms with E-state index < -0.39 is 0 Å². The van der Waals surface area contributed by atoms with Gasteiger partial charge in [0, 0.05) is 38.6 Å². The Morgan fingerprint density at radius 2 is 2.12 bits per heavy atom. The summed E-state index contributed by atoms with van der Waals surface area (Å²) in [6, 6.07) is 0. The molecule has 2 rings (SSSR count). The van der Waals surface area contributed by atoms with Gasteiger partial charge in [0.25, 0.3) is 0 Å². The molecule has 0 bridgehead atoms. The molecule has 0 spiro atoms. The molecule has 0 unspecified atom stereocenters. The van der Waals surface area contributed by atoms with E-state index in [0.717, 1.165) is 44.4 Å². The molecule has 1 aliphatic heterocycles. The van der Waals surface area contributed by atoms with Crippen molar-refractivity contribution in [1.82, 2.24) is 20.6 Å². The smallest absolute Gasteiger partial charge is 0.191 e. The van der Waals surface area contributed by atoms with E-state index in [-0.39, 0.29) is 24.0 Å². The van der Waals surface area contributed by atoms with Crippen molar-refractivity contribution >= 4 is 35.8 Å². The molecule has 3 N–H and O–H groups in total. The number of anilines is 1. The van der Waals surface area contributed by atoms with Crippen LogP contribution < -0.4 is 16.0 Å². The van der Waals surface area contributed by atoms with Gasteiger partial charge in [0.1, 0.15) is 5.82 Å². The van der Waals surface area contributed by atoms with E-state index in [2.05, 4.69) is 30.9 Å². The molecule has 6 nitrogen and oxygen atoms in total. The first-order chi connectivity index (χ1) is 7.95. The summed E-state index contributed by atoms with van der Waals surface area (Å²) in [6.45, 7) is 3.51. The van der Waals surface area contributed by atoms with E-state index in [0.29, 0.717) is 0 Å². The molecule has 0 saturated heterocycles. The Morgan fingerprint density at radius 3 is 2.82 bits per heavy atom. The maximum absolute atomic E-state index is 4.31. The lowest BCUT2D eigenvalue weighted by atomic mass is 10.4. The van der Waals surface area contributed by atoms with Crippen molar-refractivity contribution in [2.24, 2.45) is 4.99 Å². The van der Waals surface area contributed by atoms with Crippen LogP contribution in [0.4, 0.5) is 5.82 Å². The minimum Gasteiger partial charge on any atom is -0.367 e. The molecule has 0 radical (unpaired) electrons. The number of rotatable bonds is 4. The number of nitrogens with one attached hydrogen (secondary N) is 3. The van der Waals surface area contributed by atoms with Crippen molar-refractivity contribution < 1.29 is 0 Å².